The van der Waals surface area contributed by atoms with E-state index in [1.165, 1.54) is 0 Å². The van der Waals surface area contributed by atoms with Crippen molar-refractivity contribution < 1.29 is 0 Å². The van der Waals surface area contributed by atoms with Crippen molar-refractivity contribution in [1.29, 1.82) is 0 Å². The molecule has 0 N–H and O–H groups in total. The van der Waals surface area contributed by atoms with Gasteiger partial charge in [-0.15, -0.1) is 23.5 Å². The fourth-order valence-corrected chi connectivity index (χ4v) is 3.58. The summed E-state index contributed by atoms with van der Waals surface area (Å²) in [6, 6.07) is 0. The van der Waals surface area contributed by atoms with Crippen molar-refractivity contribution in [1.82, 2.24) is 0 Å². The number of thioether (sulfide) groups is 2. The first kappa shape index (κ1) is 10.8. The van der Waals surface area contributed by atoms with E-state index < -0.39 is 0 Å². The summed E-state index contributed by atoms with van der Waals surface area (Å²) in [5, 5.41) is 0. The topological polar surface area (TPSA) is 0 Å². The van der Waals surface area contributed by atoms with Gasteiger partial charge in [-0.2, -0.15) is 0 Å². The van der Waals surface area contributed by atoms with Crippen molar-refractivity contribution >= 4 is 39.3 Å². The van der Waals surface area contributed by atoms with Crippen LogP contribution in [0.3, 0.4) is 0 Å². The summed E-state index contributed by atoms with van der Waals surface area (Å²) in [6.07, 6.45) is 0. The molecule has 0 radical (unpaired) electrons. The normalized spacial score (nSPS) is 11.6. The Bertz CT molecular complexity index is 113. The van der Waals surface area contributed by atoms with Crippen LogP contribution in [0.2, 0.25) is 0 Å². The zero-order chi connectivity index (χ0) is 8.20. The van der Waals surface area contributed by atoms with Crippen LogP contribution in [0.15, 0.2) is 0 Å². The molecule has 0 atom stereocenters. The molecule has 0 fully saturated rings. The molecule has 0 rings (SSSR count). The molecule has 3 heteroatoms. The van der Waals surface area contributed by atoms with Gasteiger partial charge in [-0.05, 0) is 5.75 Å². The minimum absolute atomic E-state index is 0.277. The third-order valence-corrected chi connectivity index (χ3v) is 3.16. The Hall–Kier alpha value is 0.790. The smallest absolute Gasteiger partial charge is 0.104 e. The summed E-state index contributed by atoms with van der Waals surface area (Å²) < 4.78 is 1.34. The van der Waals surface area contributed by atoms with Crippen molar-refractivity contribution in [3.63, 3.8) is 0 Å². The lowest BCUT2D eigenvalue weighted by molar-refractivity contribution is 0.809. The van der Waals surface area contributed by atoms with Gasteiger partial charge in [-0.1, -0.05) is 39.9 Å². The average molecular weight is 194 g/mol. The van der Waals surface area contributed by atoms with Crippen molar-refractivity contribution in [3.05, 3.63) is 0 Å². The SMILES string of the molecule is CCSC(=S)SC(C)(C)C. The van der Waals surface area contributed by atoms with E-state index in [0.717, 1.165) is 9.28 Å². The minimum Gasteiger partial charge on any atom is -0.108 e. The maximum Gasteiger partial charge on any atom is 0.104 e. The van der Waals surface area contributed by atoms with Crippen LogP contribution in [0.1, 0.15) is 27.7 Å². The lowest BCUT2D eigenvalue weighted by Crippen LogP contribution is -2.09. The molecule has 0 aromatic rings. The Morgan fingerprint density at radius 2 is 1.90 bits per heavy atom. The Labute approximate surface area is 77.5 Å². The molecule has 0 bridgehead atoms. The highest BCUT2D eigenvalue weighted by Crippen LogP contribution is 2.29. The molecular weight excluding hydrogens is 180 g/mol. The highest BCUT2D eigenvalue weighted by molar-refractivity contribution is 8.47. The van der Waals surface area contributed by atoms with Crippen LogP contribution < -0.4 is 0 Å². The Morgan fingerprint density at radius 1 is 1.40 bits per heavy atom. The molecule has 0 saturated carbocycles. The van der Waals surface area contributed by atoms with Crippen LogP contribution in [0.25, 0.3) is 0 Å². The molecule has 60 valence electrons. The molecule has 0 saturated heterocycles. The first-order valence-corrected chi connectivity index (χ1v) is 5.52. The van der Waals surface area contributed by atoms with E-state index in [2.05, 4.69) is 27.7 Å². The zero-order valence-corrected chi connectivity index (χ0v) is 9.38. The summed E-state index contributed by atoms with van der Waals surface area (Å²) in [7, 11) is 0. The number of thiocarbonyl (C=S) groups is 1. The molecule has 0 unspecified atom stereocenters. The lowest BCUT2D eigenvalue weighted by Gasteiger charge is -2.16. The lowest BCUT2D eigenvalue weighted by atomic mass is 10.3. The summed E-state index contributed by atoms with van der Waals surface area (Å²) >= 11 is 8.66. The number of hydrogen-bond donors (Lipinski definition) is 0. The predicted octanol–water partition coefficient (Wildman–Crippen LogP) is 3.56. The Kier molecular flexibility index (Phi) is 4.99. The van der Waals surface area contributed by atoms with Gasteiger partial charge in [0.25, 0.3) is 0 Å². The van der Waals surface area contributed by atoms with Crippen LogP contribution in [0.5, 0.6) is 0 Å². The third-order valence-electron chi connectivity index (χ3n) is 0.652. The fraction of sp³-hybridized carbons (Fsp3) is 0.857. The zero-order valence-electron chi connectivity index (χ0n) is 6.93. The van der Waals surface area contributed by atoms with E-state index in [1.807, 2.05) is 0 Å². The largest absolute Gasteiger partial charge is 0.108 e. The summed E-state index contributed by atoms with van der Waals surface area (Å²) in [6.45, 7) is 8.67. The van der Waals surface area contributed by atoms with Gasteiger partial charge in [-0.3, -0.25) is 0 Å². The van der Waals surface area contributed by atoms with Gasteiger partial charge in [-0.25, -0.2) is 0 Å². The van der Waals surface area contributed by atoms with E-state index in [9.17, 15) is 0 Å². The van der Waals surface area contributed by atoms with E-state index in [1.54, 1.807) is 23.5 Å². The molecular formula is C7H14S3. The molecule has 0 aliphatic rings. The van der Waals surface area contributed by atoms with E-state index in [4.69, 9.17) is 12.2 Å². The summed E-state index contributed by atoms with van der Waals surface area (Å²) in [4.78, 5) is 0. The third kappa shape index (κ3) is 6.90. The van der Waals surface area contributed by atoms with E-state index in [-0.39, 0.29) is 4.75 Å². The molecule has 0 spiro atoms. The fourth-order valence-electron chi connectivity index (χ4n) is 0.397. The number of hydrogen-bond acceptors (Lipinski definition) is 3. The average Bonchev–Trinajstić information content (AvgIpc) is 1.59. The molecule has 0 amide bonds. The van der Waals surface area contributed by atoms with Crippen molar-refractivity contribution in [2.24, 2.45) is 0 Å². The van der Waals surface area contributed by atoms with E-state index in [0.29, 0.717) is 0 Å². The van der Waals surface area contributed by atoms with E-state index >= 15 is 0 Å². The van der Waals surface area contributed by atoms with Crippen LogP contribution in [0, 0.1) is 0 Å². The van der Waals surface area contributed by atoms with Crippen LogP contribution in [0.4, 0.5) is 0 Å². The van der Waals surface area contributed by atoms with Crippen LogP contribution >= 0.6 is 35.7 Å². The second-order valence-corrected chi connectivity index (χ2v) is 7.19. The second-order valence-electron chi connectivity index (χ2n) is 2.90. The van der Waals surface area contributed by atoms with Gasteiger partial charge >= 0.3 is 0 Å². The Morgan fingerprint density at radius 3 is 2.20 bits per heavy atom. The molecule has 0 heterocycles. The van der Waals surface area contributed by atoms with Gasteiger partial charge in [0.2, 0.25) is 0 Å². The van der Waals surface area contributed by atoms with Gasteiger partial charge in [0.1, 0.15) is 3.53 Å². The molecule has 0 aliphatic carbocycles. The molecule has 0 nitrogen and oxygen atoms in total. The first-order chi connectivity index (χ1) is 4.45. The standard InChI is InChI=1S/C7H14S3/c1-5-9-6(8)10-7(2,3)4/h5H2,1-4H3. The maximum atomic E-state index is 5.13. The highest BCUT2D eigenvalue weighted by Gasteiger charge is 2.13. The number of rotatable bonds is 1. The van der Waals surface area contributed by atoms with Gasteiger partial charge in [0, 0.05) is 4.75 Å². The van der Waals surface area contributed by atoms with Gasteiger partial charge in [0.15, 0.2) is 0 Å². The van der Waals surface area contributed by atoms with Gasteiger partial charge < -0.3 is 0 Å². The van der Waals surface area contributed by atoms with Crippen LogP contribution in [-0.4, -0.2) is 14.0 Å². The Balaban J connectivity index is 3.58. The van der Waals surface area contributed by atoms with Crippen molar-refractivity contribution in [2.45, 2.75) is 32.4 Å². The van der Waals surface area contributed by atoms with Crippen molar-refractivity contribution in [3.8, 4) is 0 Å². The molecule has 0 aromatic heterocycles. The summed E-state index contributed by atoms with van der Waals surface area (Å²) in [5.74, 6) is 1.09. The monoisotopic (exact) mass is 194 g/mol. The second kappa shape index (κ2) is 4.62. The quantitative estimate of drug-likeness (QED) is 0.586. The van der Waals surface area contributed by atoms with Crippen molar-refractivity contribution in [2.75, 3.05) is 5.75 Å². The molecule has 10 heavy (non-hydrogen) atoms. The summed E-state index contributed by atoms with van der Waals surface area (Å²) in [5.41, 5.74) is 0. The first-order valence-electron chi connectivity index (χ1n) is 3.31. The molecule has 0 aliphatic heterocycles. The van der Waals surface area contributed by atoms with Gasteiger partial charge in [0.05, 0.1) is 0 Å². The molecule has 0 aromatic carbocycles. The maximum absolute atomic E-state index is 5.13. The van der Waals surface area contributed by atoms with Crippen LogP contribution in [-0.2, 0) is 0 Å². The minimum atomic E-state index is 0.277. The predicted molar refractivity (Wildman–Crippen MR) is 58.1 cm³/mol. The highest BCUT2D eigenvalue weighted by atomic mass is 32.2.